The van der Waals surface area contributed by atoms with Gasteiger partial charge < -0.3 is 29.4 Å². The second-order valence-electron chi connectivity index (χ2n) is 16.4. The van der Waals surface area contributed by atoms with Gasteiger partial charge in [-0.05, 0) is 87.6 Å². The van der Waals surface area contributed by atoms with Gasteiger partial charge in [-0.3, -0.25) is 34.4 Å². The maximum absolute atomic E-state index is 11.7. The lowest BCUT2D eigenvalue weighted by Gasteiger charge is -2.32. The standard InChI is InChI=1S/C27H23N7.C24H25N5O2/c1-33-10-6-18-3-4-19(11-26(18)33)24-12-22(13-25-27(24)30-9-8-29-25)31-15-20-14-28-7-5-23(20)21-16-32-34(2)17-21;1-16(30)29-9-10-31-20(15-29)14-27-19-12-21(24-22(13-19)25-6-7-26-24)18-4-3-17-5-8-28(2)23(17)11-18/h3-14,16-17,31H,15H2,1-2H3;3-8,11-13,20,27H,9-10,14-15H2,1-2H3. The SMILES string of the molecule is CC(=O)N1CCOC(CNc2cc(-c3ccc4ccn(C)c4c3)c3nccnc3c2)C1.Cn1cc(-c2ccncc2CNc2cc(-c3ccc4ccn(C)c4c3)c3nccnc3c2)cn1. The summed E-state index contributed by atoms with van der Waals surface area (Å²) in [6.07, 6.45) is 18.6. The molecule has 14 nitrogen and oxygen atoms in total. The van der Waals surface area contributed by atoms with Crippen molar-refractivity contribution in [2.45, 2.75) is 19.6 Å². The Morgan fingerprint density at radius 3 is 1.89 bits per heavy atom. The highest BCUT2D eigenvalue weighted by atomic mass is 16.5. The fourth-order valence-electron chi connectivity index (χ4n) is 8.62. The zero-order chi connectivity index (χ0) is 44.4. The van der Waals surface area contributed by atoms with Gasteiger partial charge in [0.1, 0.15) is 0 Å². The number of carbonyl (C=O) groups excluding carboxylic acids is 1. The summed E-state index contributed by atoms with van der Waals surface area (Å²) >= 11 is 0. The van der Waals surface area contributed by atoms with Crippen molar-refractivity contribution in [1.82, 2.24) is 48.7 Å². The zero-order valence-electron chi connectivity index (χ0n) is 36.7. The molecule has 14 heteroatoms. The van der Waals surface area contributed by atoms with E-state index in [4.69, 9.17) is 4.74 Å². The molecule has 65 heavy (non-hydrogen) atoms. The maximum Gasteiger partial charge on any atom is 0.219 e. The normalized spacial score (nSPS) is 13.9. The average molecular weight is 861 g/mol. The number of hydrogen-bond donors (Lipinski definition) is 2. The summed E-state index contributed by atoms with van der Waals surface area (Å²) in [5.41, 5.74) is 15.3. The first-order valence-electron chi connectivity index (χ1n) is 21.6. The minimum atomic E-state index is -0.0432. The molecule has 0 radical (unpaired) electrons. The third-order valence-corrected chi connectivity index (χ3v) is 12.1. The number of fused-ring (bicyclic) bond motifs is 4. The molecule has 4 aromatic carbocycles. The lowest BCUT2D eigenvalue weighted by atomic mass is 10.0. The highest BCUT2D eigenvalue weighted by Gasteiger charge is 2.22. The Morgan fingerprint density at radius 2 is 1.29 bits per heavy atom. The number of nitrogens with zero attached hydrogens (tertiary/aromatic N) is 10. The van der Waals surface area contributed by atoms with Crippen molar-refractivity contribution in [3.8, 4) is 33.4 Å². The molecule has 6 aromatic heterocycles. The van der Waals surface area contributed by atoms with Crippen LogP contribution in [0.5, 0.6) is 0 Å². The number of pyridine rings is 1. The number of aromatic nitrogens is 9. The monoisotopic (exact) mass is 860 g/mol. The Hall–Kier alpha value is -7.97. The molecule has 1 aliphatic heterocycles. The average Bonchev–Trinajstić information content (AvgIpc) is 4.06. The summed E-state index contributed by atoms with van der Waals surface area (Å²) in [6.45, 7) is 4.67. The summed E-state index contributed by atoms with van der Waals surface area (Å²) in [6, 6.07) is 27.6. The molecular weight excluding hydrogens is 813 g/mol. The van der Waals surface area contributed by atoms with Crippen LogP contribution in [0.3, 0.4) is 0 Å². The molecule has 10 aromatic rings. The highest BCUT2D eigenvalue weighted by Crippen LogP contribution is 2.34. The van der Waals surface area contributed by atoms with Gasteiger partial charge in [-0.25, -0.2) is 0 Å². The van der Waals surface area contributed by atoms with Gasteiger partial charge in [-0.15, -0.1) is 0 Å². The van der Waals surface area contributed by atoms with Gasteiger partial charge in [-0.2, -0.15) is 5.10 Å². The summed E-state index contributed by atoms with van der Waals surface area (Å²) in [5, 5.41) is 13.8. The van der Waals surface area contributed by atoms with Crippen LogP contribution < -0.4 is 10.6 Å². The molecule has 1 amide bonds. The number of rotatable bonds is 9. The first-order chi connectivity index (χ1) is 31.7. The molecule has 1 fully saturated rings. The molecule has 0 saturated carbocycles. The molecule has 1 atom stereocenters. The zero-order valence-corrected chi connectivity index (χ0v) is 36.7. The van der Waals surface area contributed by atoms with Gasteiger partial charge in [0.05, 0.1) is 41.0 Å². The van der Waals surface area contributed by atoms with Crippen molar-refractivity contribution >= 4 is 61.2 Å². The van der Waals surface area contributed by atoms with Gasteiger partial charge in [0.2, 0.25) is 5.91 Å². The second kappa shape index (κ2) is 17.7. The number of ether oxygens (including phenoxy) is 1. The Labute approximate surface area is 375 Å². The van der Waals surface area contributed by atoms with E-state index in [0.29, 0.717) is 32.8 Å². The van der Waals surface area contributed by atoms with E-state index >= 15 is 0 Å². The van der Waals surface area contributed by atoms with Crippen molar-refractivity contribution in [2.24, 2.45) is 21.1 Å². The molecule has 2 N–H and O–H groups in total. The van der Waals surface area contributed by atoms with Crippen LogP contribution in [0.25, 0.3) is 77.3 Å². The summed E-state index contributed by atoms with van der Waals surface area (Å²) < 4.78 is 11.9. The maximum atomic E-state index is 11.7. The lowest BCUT2D eigenvalue weighted by molar-refractivity contribution is -0.135. The van der Waals surface area contributed by atoms with Crippen molar-refractivity contribution in [3.05, 3.63) is 146 Å². The van der Waals surface area contributed by atoms with E-state index in [1.807, 2.05) is 59.6 Å². The molecule has 0 bridgehead atoms. The number of morpholine rings is 1. The number of amides is 1. The van der Waals surface area contributed by atoms with Crippen LogP contribution in [0.4, 0.5) is 11.4 Å². The predicted molar refractivity (Wildman–Crippen MR) is 257 cm³/mol. The molecule has 1 unspecified atom stereocenters. The number of anilines is 2. The number of carbonyl (C=O) groups is 1. The number of hydrogen-bond acceptors (Lipinski definition) is 10. The van der Waals surface area contributed by atoms with E-state index in [1.54, 1.807) is 31.7 Å². The molecule has 1 saturated heterocycles. The van der Waals surface area contributed by atoms with Gasteiger partial charge in [0.15, 0.2) is 0 Å². The molecule has 0 spiro atoms. The fraction of sp³-hybridized carbons (Fsp3) is 0.196. The van der Waals surface area contributed by atoms with Gasteiger partial charge in [0.25, 0.3) is 0 Å². The van der Waals surface area contributed by atoms with Crippen molar-refractivity contribution in [3.63, 3.8) is 0 Å². The predicted octanol–water partition coefficient (Wildman–Crippen LogP) is 8.64. The van der Waals surface area contributed by atoms with E-state index in [1.165, 1.54) is 21.8 Å². The van der Waals surface area contributed by atoms with E-state index < -0.39 is 0 Å². The van der Waals surface area contributed by atoms with Crippen molar-refractivity contribution in [1.29, 1.82) is 0 Å². The molecule has 324 valence electrons. The number of aryl methyl sites for hydroxylation is 3. The third-order valence-electron chi connectivity index (χ3n) is 12.1. The van der Waals surface area contributed by atoms with Crippen LogP contribution >= 0.6 is 0 Å². The van der Waals surface area contributed by atoms with Crippen LogP contribution in [0.2, 0.25) is 0 Å². The third kappa shape index (κ3) is 8.59. The topological polar surface area (TPSA) is 146 Å². The van der Waals surface area contributed by atoms with Crippen molar-refractivity contribution < 1.29 is 9.53 Å². The Balaban J connectivity index is 0.000000154. The van der Waals surface area contributed by atoms with Gasteiger partial charge in [-0.1, -0.05) is 24.3 Å². The fourth-order valence-corrected chi connectivity index (χ4v) is 8.62. The smallest absolute Gasteiger partial charge is 0.219 e. The van der Waals surface area contributed by atoms with Crippen LogP contribution in [-0.4, -0.2) is 87.0 Å². The Morgan fingerprint density at radius 1 is 0.677 bits per heavy atom. The van der Waals surface area contributed by atoms with Crippen LogP contribution in [-0.2, 0) is 37.2 Å². The first-order valence-corrected chi connectivity index (χ1v) is 21.6. The summed E-state index contributed by atoms with van der Waals surface area (Å²) in [7, 11) is 6.04. The quantitative estimate of drug-likeness (QED) is 0.145. The van der Waals surface area contributed by atoms with Crippen LogP contribution in [0, 0.1) is 0 Å². The second-order valence-corrected chi connectivity index (χ2v) is 16.4. The van der Waals surface area contributed by atoms with Gasteiger partial charge >= 0.3 is 0 Å². The number of nitrogens with one attached hydrogen (secondary N) is 2. The lowest BCUT2D eigenvalue weighted by Crippen LogP contribution is -2.47. The van der Waals surface area contributed by atoms with E-state index in [-0.39, 0.29) is 12.0 Å². The molecule has 0 aliphatic carbocycles. The molecule has 11 rings (SSSR count). The van der Waals surface area contributed by atoms with Crippen LogP contribution in [0.15, 0.2) is 141 Å². The largest absolute Gasteiger partial charge is 0.382 e. The first kappa shape index (κ1) is 41.1. The Kier molecular flexibility index (Phi) is 11.2. The molecule has 1 aliphatic rings. The van der Waals surface area contributed by atoms with E-state index in [9.17, 15) is 4.79 Å². The minimum Gasteiger partial charge on any atom is -0.382 e. The Bertz CT molecular complexity index is 3350. The van der Waals surface area contributed by atoms with E-state index in [0.717, 1.165) is 72.4 Å². The summed E-state index contributed by atoms with van der Waals surface area (Å²) in [4.78, 5) is 36.3. The highest BCUT2D eigenvalue weighted by molar-refractivity contribution is 5.98. The summed E-state index contributed by atoms with van der Waals surface area (Å²) in [5.74, 6) is 0.0904. The molecular formula is C51H48N12O2. The number of benzene rings is 4. The van der Waals surface area contributed by atoms with Crippen molar-refractivity contribution in [2.75, 3.05) is 36.9 Å². The molecule has 7 heterocycles. The van der Waals surface area contributed by atoms with E-state index in [2.05, 4.69) is 137 Å². The minimum absolute atomic E-state index is 0.0432. The van der Waals surface area contributed by atoms with Crippen LogP contribution in [0.1, 0.15) is 12.5 Å². The van der Waals surface area contributed by atoms with Gasteiger partial charge in [0, 0.05) is 149 Å².